The number of rotatable bonds is 7. The number of anilines is 1. The Morgan fingerprint density at radius 1 is 0.921 bits per heavy atom. The molecule has 2 aliphatic rings. The zero-order valence-corrected chi connectivity index (χ0v) is 23.2. The molecule has 1 saturated heterocycles. The summed E-state index contributed by atoms with van der Waals surface area (Å²) in [6.45, 7) is 1.03. The molecule has 0 bridgehead atoms. The fourth-order valence-corrected chi connectivity index (χ4v) is 6.85. The molecular formula is C27H25Cl3FN3O3S. The summed E-state index contributed by atoms with van der Waals surface area (Å²) in [4.78, 5) is 17.7. The number of amides is 1. The largest absolute Gasteiger partial charge is 0.360 e. The van der Waals surface area contributed by atoms with Gasteiger partial charge in [0.05, 0.1) is 22.0 Å². The number of nitrogens with zero attached hydrogens (tertiary/aromatic N) is 2. The molecule has 6 nitrogen and oxygen atoms in total. The van der Waals surface area contributed by atoms with Gasteiger partial charge < -0.3 is 9.80 Å². The van der Waals surface area contributed by atoms with Crippen molar-refractivity contribution in [3.05, 3.63) is 98.7 Å². The van der Waals surface area contributed by atoms with Crippen LogP contribution in [0.5, 0.6) is 0 Å². The van der Waals surface area contributed by atoms with Gasteiger partial charge in [-0.1, -0.05) is 59.1 Å². The van der Waals surface area contributed by atoms with Crippen LogP contribution in [0.4, 0.5) is 10.1 Å². The molecule has 38 heavy (non-hydrogen) atoms. The summed E-state index contributed by atoms with van der Waals surface area (Å²) in [5.41, 5.74) is 2.06. The molecule has 3 aromatic carbocycles. The fourth-order valence-electron chi connectivity index (χ4n) is 4.69. The molecule has 1 aliphatic heterocycles. The molecule has 1 saturated carbocycles. The van der Waals surface area contributed by atoms with E-state index in [2.05, 4.69) is 9.62 Å². The van der Waals surface area contributed by atoms with Gasteiger partial charge in [0.1, 0.15) is 11.9 Å². The summed E-state index contributed by atoms with van der Waals surface area (Å²) in [6, 6.07) is 16.5. The SMILES string of the molecule is O=C([C@H](NS(=O)(=O)C1CC1)c1ccc(F)cc1)N1CCN(c2ccc(Cl)cc2Cl)[C@H](c2ccc(Cl)cc2)C1. The maximum atomic E-state index is 13.9. The molecule has 1 amide bonds. The Labute approximate surface area is 236 Å². The highest BCUT2D eigenvalue weighted by atomic mass is 35.5. The van der Waals surface area contributed by atoms with Crippen LogP contribution < -0.4 is 9.62 Å². The van der Waals surface area contributed by atoms with E-state index in [1.807, 2.05) is 18.2 Å². The standard InChI is InChI=1S/C27H25Cl3FN3O3S/c28-19-5-1-17(2-6-19)25-16-33(13-14-34(25)24-12-7-20(29)15-23(24)30)27(35)26(18-3-8-21(31)9-4-18)32-38(36,37)22-10-11-22/h1-9,12,15,22,25-26,32H,10-11,13-14,16H2/t25-,26+/m0/s1. The van der Waals surface area contributed by atoms with Crippen molar-refractivity contribution in [1.82, 2.24) is 9.62 Å². The van der Waals surface area contributed by atoms with Gasteiger partial charge in [0.25, 0.3) is 0 Å². The van der Waals surface area contributed by atoms with E-state index in [1.165, 1.54) is 24.3 Å². The van der Waals surface area contributed by atoms with Crippen molar-refractivity contribution in [2.45, 2.75) is 30.2 Å². The minimum atomic E-state index is -3.71. The normalized spacial score (nSPS) is 18.9. The van der Waals surface area contributed by atoms with Crippen molar-refractivity contribution in [1.29, 1.82) is 0 Å². The quantitative estimate of drug-likeness (QED) is 0.363. The lowest BCUT2D eigenvalue weighted by atomic mass is 9.99. The average molecular weight is 597 g/mol. The van der Waals surface area contributed by atoms with Crippen LogP contribution in [0.1, 0.15) is 36.1 Å². The summed E-state index contributed by atoms with van der Waals surface area (Å²) in [7, 11) is -3.71. The van der Waals surface area contributed by atoms with Gasteiger partial charge in [0.15, 0.2) is 0 Å². The second-order valence-corrected chi connectivity index (χ2v) is 12.8. The van der Waals surface area contributed by atoms with Gasteiger partial charge >= 0.3 is 0 Å². The molecule has 5 rings (SSSR count). The Balaban J connectivity index is 1.47. The highest BCUT2D eigenvalue weighted by Gasteiger charge is 2.41. The number of halogens is 4. The first-order valence-electron chi connectivity index (χ1n) is 12.1. The van der Waals surface area contributed by atoms with Crippen molar-refractivity contribution in [2.24, 2.45) is 0 Å². The zero-order valence-electron chi connectivity index (χ0n) is 20.2. The minimum Gasteiger partial charge on any atom is -0.360 e. The predicted molar refractivity (Wildman–Crippen MR) is 149 cm³/mol. The number of sulfonamides is 1. The lowest BCUT2D eigenvalue weighted by Gasteiger charge is -2.44. The van der Waals surface area contributed by atoms with Crippen molar-refractivity contribution in [3.63, 3.8) is 0 Å². The third-order valence-corrected chi connectivity index (χ3v) is 9.56. The van der Waals surface area contributed by atoms with Crippen molar-refractivity contribution >= 4 is 56.4 Å². The molecular weight excluding hydrogens is 572 g/mol. The maximum absolute atomic E-state index is 13.9. The molecule has 0 spiro atoms. The van der Waals surface area contributed by atoms with Crippen LogP contribution in [0.15, 0.2) is 66.7 Å². The smallest absolute Gasteiger partial charge is 0.245 e. The molecule has 200 valence electrons. The van der Waals surface area contributed by atoms with Gasteiger partial charge in [0.2, 0.25) is 15.9 Å². The first kappa shape index (κ1) is 27.2. The topological polar surface area (TPSA) is 69.7 Å². The fraction of sp³-hybridized carbons (Fsp3) is 0.296. The van der Waals surface area contributed by atoms with Crippen LogP contribution in [0.2, 0.25) is 15.1 Å². The van der Waals surface area contributed by atoms with Gasteiger partial charge in [-0.2, -0.15) is 4.72 Å². The third kappa shape index (κ3) is 5.95. The van der Waals surface area contributed by atoms with E-state index in [1.54, 1.807) is 29.2 Å². The van der Waals surface area contributed by atoms with Crippen LogP contribution in [0.3, 0.4) is 0 Å². The molecule has 1 aliphatic carbocycles. The molecule has 0 aromatic heterocycles. The minimum absolute atomic E-state index is 0.266. The number of hydrogen-bond donors (Lipinski definition) is 1. The van der Waals surface area contributed by atoms with E-state index in [0.29, 0.717) is 46.6 Å². The van der Waals surface area contributed by atoms with Crippen LogP contribution >= 0.6 is 34.8 Å². The predicted octanol–water partition coefficient (Wildman–Crippen LogP) is 6.00. The Hall–Kier alpha value is -2.36. The number of nitrogens with one attached hydrogen (secondary N) is 1. The number of benzene rings is 3. The highest BCUT2D eigenvalue weighted by Crippen LogP contribution is 2.38. The summed E-state index contributed by atoms with van der Waals surface area (Å²) in [5, 5.41) is 1.07. The van der Waals surface area contributed by atoms with Crippen LogP contribution in [0, 0.1) is 5.82 Å². The maximum Gasteiger partial charge on any atom is 0.245 e. The lowest BCUT2D eigenvalue weighted by Crippen LogP contribution is -2.53. The Bertz CT molecular complexity index is 1430. The molecule has 0 radical (unpaired) electrons. The molecule has 3 aromatic rings. The molecule has 1 N–H and O–H groups in total. The van der Waals surface area contributed by atoms with Crippen LogP contribution in [-0.2, 0) is 14.8 Å². The Kier molecular flexibility index (Phi) is 7.89. The number of hydrogen-bond acceptors (Lipinski definition) is 4. The number of carbonyl (C=O) groups excluding carboxylic acids is 1. The number of piperazine rings is 1. The van der Waals surface area contributed by atoms with E-state index in [0.717, 1.165) is 11.3 Å². The van der Waals surface area contributed by atoms with Crippen LogP contribution in [0.25, 0.3) is 0 Å². The monoisotopic (exact) mass is 595 g/mol. The van der Waals surface area contributed by atoms with Gasteiger partial charge in [0, 0.05) is 29.7 Å². The molecule has 2 atom stereocenters. The van der Waals surface area contributed by atoms with E-state index in [-0.39, 0.29) is 12.6 Å². The van der Waals surface area contributed by atoms with Gasteiger partial charge in [-0.05, 0) is 66.4 Å². The number of carbonyl (C=O) groups is 1. The van der Waals surface area contributed by atoms with E-state index < -0.39 is 33.0 Å². The van der Waals surface area contributed by atoms with Gasteiger partial charge in [-0.25, -0.2) is 12.8 Å². The first-order valence-corrected chi connectivity index (χ1v) is 14.8. The summed E-state index contributed by atoms with van der Waals surface area (Å²) >= 11 is 18.8. The average Bonchev–Trinajstić information content (AvgIpc) is 3.75. The Morgan fingerprint density at radius 2 is 1.58 bits per heavy atom. The zero-order chi connectivity index (χ0) is 27.0. The summed E-state index contributed by atoms with van der Waals surface area (Å²) in [6.07, 6.45) is 1.11. The van der Waals surface area contributed by atoms with E-state index >= 15 is 0 Å². The van der Waals surface area contributed by atoms with Crippen molar-refractivity contribution in [3.8, 4) is 0 Å². The molecule has 1 heterocycles. The van der Waals surface area contributed by atoms with Crippen molar-refractivity contribution in [2.75, 3.05) is 24.5 Å². The lowest BCUT2D eigenvalue weighted by molar-refractivity contribution is -0.134. The first-order chi connectivity index (χ1) is 18.1. The summed E-state index contributed by atoms with van der Waals surface area (Å²) < 4.78 is 41.9. The second kappa shape index (κ2) is 11.0. The highest BCUT2D eigenvalue weighted by molar-refractivity contribution is 7.90. The second-order valence-electron chi connectivity index (χ2n) is 9.49. The van der Waals surface area contributed by atoms with Gasteiger partial charge in [-0.15, -0.1) is 0 Å². The summed E-state index contributed by atoms with van der Waals surface area (Å²) in [5.74, 6) is -0.872. The molecule has 2 fully saturated rings. The van der Waals surface area contributed by atoms with Gasteiger partial charge in [-0.3, -0.25) is 4.79 Å². The molecule has 0 unspecified atom stereocenters. The van der Waals surface area contributed by atoms with E-state index in [4.69, 9.17) is 34.8 Å². The molecule has 11 heteroatoms. The third-order valence-electron chi connectivity index (χ3n) is 6.86. The van der Waals surface area contributed by atoms with Crippen molar-refractivity contribution < 1.29 is 17.6 Å². The Morgan fingerprint density at radius 3 is 2.21 bits per heavy atom. The van der Waals surface area contributed by atoms with Crippen LogP contribution in [-0.4, -0.2) is 44.1 Å². The van der Waals surface area contributed by atoms with E-state index in [9.17, 15) is 17.6 Å².